The molecule has 10 heteroatoms. The van der Waals surface area contributed by atoms with Crippen LogP contribution in [-0.2, 0) is 14.8 Å². The third-order valence-corrected chi connectivity index (χ3v) is 7.55. The summed E-state index contributed by atoms with van der Waals surface area (Å²) in [6.07, 6.45) is 1.44. The maximum atomic E-state index is 14.8. The highest BCUT2D eigenvalue weighted by atomic mass is 32.2. The summed E-state index contributed by atoms with van der Waals surface area (Å²) in [6.45, 7) is 3.32. The van der Waals surface area contributed by atoms with E-state index in [1.54, 1.807) is 19.1 Å². The van der Waals surface area contributed by atoms with Crippen molar-refractivity contribution >= 4 is 27.6 Å². The van der Waals surface area contributed by atoms with Gasteiger partial charge in [0.25, 0.3) is 0 Å². The molecule has 0 saturated carbocycles. The molecule has 0 amide bonds. The molecule has 0 radical (unpaired) electrons. The number of aryl methyl sites for hydroxylation is 2. The average Bonchev–Trinajstić information content (AvgIpc) is 2.76. The lowest BCUT2D eigenvalue weighted by Crippen LogP contribution is -2.18. The first-order chi connectivity index (χ1) is 15.2. The molecule has 0 saturated heterocycles. The van der Waals surface area contributed by atoms with E-state index in [1.165, 1.54) is 24.4 Å². The van der Waals surface area contributed by atoms with Gasteiger partial charge >= 0.3 is 0 Å². The quantitative estimate of drug-likeness (QED) is 0.321. The number of rotatable bonds is 9. The molecule has 2 aromatic carbocycles. The van der Waals surface area contributed by atoms with Gasteiger partial charge in [0, 0.05) is 17.5 Å². The van der Waals surface area contributed by atoms with Crippen molar-refractivity contribution in [2.75, 3.05) is 17.1 Å². The van der Waals surface area contributed by atoms with Gasteiger partial charge in [0.2, 0.25) is 0 Å². The molecule has 0 aliphatic rings. The van der Waals surface area contributed by atoms with Crippen molar-refractivity contribution in [1.29, 1.82) is 0 Å². The summed E-state index contributed by atoms with van der Waals surface area (Å²) in [4.78, 5) is 7.68. The molecule has 1 unspecified atom stereocenters. The average molecular weight is 483 g/mol. The predicted octanol–water partition coefficient (Wildman–Crippen LogP) is 5.50. The van der Waals surface area contributed by atoms with Crippen LogP contribution >= 0.6 is 11.9 Å². The van der Waals surface area contributed by atoms with E-state index in [-0.39, 0.29) is 34.2 Å². The summed E-state index contributed by atoms with van der Waals surface area (Å²) >= 11 is 1.10. The van der Waals surface area contributed by atoms with Crippen LogP contribution in [0.25, 0.3) is 0 Å². The van der Waals surface area contributed by atoms with Crippen LogP contribution in [0.3, 0.4) is 0 Å². The maximum absolute atomic E-state index is 14.8. The first-order valence-corrected chi connectivity index (χ1v) is 12.1. The summed E-state index contributed by atoms with van der Waals surface area (Å²) < 4.78 is 70.9. The second-order valence-electron chi connectivity index (χ2n) is 7.09. The standard InChI is InChI=1S/C22H21F3N2O3S2/c1-14-3-6-17(7-4-14)32(28,29)22(19-11-16(23)5-8-20(19)24)18-12-21(26-13-15(18)2)27-31-10-9-30-25/h3-8,11-13,22H,9-10H2,1-2H3,(H,26,27). The zero-order valence-corrected chi connectivity index (χ0v) is 18.9. The molecule has 1 atom stereocenters. The first-order valence-electron chi connectivity index (χ1n) is 9.57. The van der Waals surface area contributed by atoms with Gasteiger partial charge < -0.3 is 4.72 Å². The highest BCUT2D eigenvalue weighted by molar-refractivity contribution is 8.00. The molecule has 3 aromatic rings. The molecule has 1 N–H and O–H groups in total. The van der Waals surface area contributed by atoms with Crippen molar-refractivity contribution in [2.24, 2.45) is 0 Å². The molecule has 5 nitrogen and oxygen atoms in total. The Balaban J connectivity index is 2.15. The third-order valence-electron chi connectivity index (χ3n) is 4.77. The zero-order chi connectivity index (χ0) is 23.3. The van der Waals surface area contributed by atoms with Gasteiger partial charge in [0.05, 0.1) is 11.5 Å². The van der Waals surface area contributed by atoms with E-state index in [4.69, 9.17) is 0 Å². The fraction of sp³-hybridized carbons (Fsp3) is 0.227. The van der Waals surface area contributed by atoms with Crippen molar-refractivity contribution in [3.8, 4) is 0 Å². The number of sulfone groups is 1. The largest absolute Gasteiger partial charge is 0.314 e. The van der Waals surface area contributed by atoms with Crippen LogP contribution in [0.5, 0.6) is 0 Å². The maximum Gasteiger partial charge on any atom is 0.189 e. The van der Waals surface area contributed by atoms with Crippen LogP contribution in [-0.4, -0.2) is 25.8 Å². The number of benzene rings is 2. The number of anilines is 1. The number of nitrogens with one attached hydrogen (secondary N) is 1. The van der Waals surface area contributed by atoms with E-state index in [0.29, 0.717) is 5.56 Å². The lowest BCUT2D eigenvalue weighted by molar-refractivity contribution is -0.124. The molecule has 1 aromatic heterocycles. The Morgan fingerprint density at radius 1 is 1.06 bits per heavy atom. The fourth-order valence-electron chi connectivity index (χ4n) is 3.16. The van der Waals surface area contributed by atoms with E-state index in [9.17, 15) is 21.7 Å². The van der Waals surface area contributed by atoms with Gasteiger partial charge in [-0.2, -0.15) is 4.94 Å². The summed E-state index contributed by atoms with van der Waals surface area (Å²) in [7, 11) is -4.17. The summed E-state index contributed by atoms with van der Waals surface area (Å²) in [5.41, 5.74) is 1.29. The smallest absolute Gasteiger partial charge is 0.189 e. The van der Waals surface area contributed by atoms with Crippen LogP contribution in [0, 0.1) is 25.5 Å². The van der Waals surface area contributed by atoms with Gasteiger partial charge in [0.15, 0.2) is 9.84 Å². The summed E-state index contributed by atoms with van der Waals surface area (Å²) in [5, 5.41) is -1.51. The van der Waals surface area contributed by atoms with Gasteiger partial charge in [-0.1, -0.05) is 17.7 Å². The predicted molar refractivity (Wildman–Crippen MR) is 119 cm³/mol. The Morgan fingerprint density at radius 3 is 2.47 bits per heavy atom. The van der Waals surface area contributed by atoms with Gasteiger partial charge in [0.1, 0.15) is 22.7 Å². The first kappa shape index (κ1) is 24.1. The SMILES string of the molecule is Cc1ccc(S(=O)(=O)C(c2cc(NSCCOF)ncc2C)c2cc(F)ccc2F)cc1. The summed E-state index contributed by atoms with van der Waals surface area (Å²) in [5.74, 6) is -1.04. The lowest BCUT2D eigenvalue weighted by atomic mass is 10.0. The molecule has 32 heavy (non-hydrogen) atoms. The Bertz CT molecular complexity index is 1190. The zero-order valence-electron chi connectivity index (χ0n) is 17.3. The minimum absolute atomic E-state index is 0.0167. The van der Waals surface area contributed by atoms with Crippen LogP contribution in [0.1, 0.15) is 27.5 Å². The van der Waals surface area contributed by atoms with Crippen LogP contribution in [0.4, 0.5) is 19.1 Å². The van der Waals surface area contributed by atoms with E-state index < -0.39 is 26.7 Å². The van der Waals surface area contributed by atoms with Crippen molar-refractivity contribution < 1.29 is 26.7 Å². The van der Waals surface area contributed by atoms with Crippen LogP contribution in [0.2, 0.25) is 0 Å². The van der Waals surface area contributed by atoms with Gasteiger partial charge in [-0.25, -0.2) is 22.2 Å². The lowest BCUT2D eigenvalue weighted by Gasteiger charge is -2.22. The van der Waals surface area contributed by atoms with E-state index in [1.807, 2.05) is 6.92 Å². The van der Waals surface area contributed by atoms with Crippen LogP contribution in [0.15, 0.2) is 59.6 Å². The molecule has 0 bridgehead atoms. The molecule has 3 rings (SSSR count). The number of pyridine rings is 1. The highest BCUT2D eigenvalue weighted by Crippen LogP contribution is 2.39. The van der Waals surface area contributed by atoms with Gasteiger partial charge in [-0.15, -0.1) is 0 Å². The Morgan fingerprint density at radius 2 is 1.78 bits per heavy atom. The van der Waals surface area contributed by atoms with Crippen LogP contribution < -0.4 is 4.72 Å². The molecule has 170 valence electrons. The number of halogens is 3. The fourth-order valence-corrected chi connectivity index (χ4v) is 5.56. The number of nitrogens with zero attached hydrogens (tertiary/aromatic N) is 1. The van der Waals surface area contributed by atoms with E-state index >= 15 is 0 Å². The van der Waals surface area contributed by atoms with Gasteiger partial charge in [-0.3, -0.25) is 0 Å². The molecular weight excluding hydrogens is 461 g/mol. The molecule has 0 spiro atoms. The second-order valence-corrected chi connectivity index (χ2v) is 10.0. The monoisotopic (exact) mass is 482 g/mol. The molecular formula is C22H21F3N2O3S2. The Labute approximate surface area is 189 Å². The Hall–Kier alpha value is -2.56. The number of hydrogen-bond donors (Lipinski definition) is 1. The van der Waals surface area contributed by atoms with Crippen molar-refractivity contribution in [1.82, 2.24) is 4.98 Å². The molecule has 0 fully saturated rings. The minimum Gasteiger partial charge on any atom is -0.314 e. The number of hydrogen-bond acceptors (Lipinski definition) is 6. The number of aromatic nitrogens is 1. The van der Waals surface area contributed by atoms with Crippen molar-refractivity contribution in [3.63, 3.8) is 0 Å². The minimum atomic E-state index is -4.17. The summed E-state index contributed by atoms with van der Waals surface area (Å²) in [6, 6.07) is 10.4. The normalized spacial score (nSPS) is 12.5. The molecule has 0 aliphatic carbocycles. The van der Waals surface area contributed by atoms with E-state index in [0.717, 1.165) is 35.7 Å². The topological polar surface area (TPSA) is 68.3 Å². The third kappa shape index (κ3) is 5.43. The van der Waals surface area contributed by atoms with Crippen molar-refractivity contribution in [2.45, 2.75) is 24.0 Å². The highest BCUT2D eigenvalue weighted by Gasteiger charge is 2.34. The Kier molecular flexibility index (Phi) is 7.81. The molecule has 0 aliphatic heterocycles. The molecule has 1 heterocycles. The second kappa shape index (κ2) is 10.4. The van der Waals surface area contributed by atoms with Crippen molar-refractivity contribution in [3.05, 3.63) is 88.6 Å². The van der Waals surface area contributed by atoms with E-state index in [2.05, 4.69) is 14.6 Å². The van der Waals surface area contributed by atoms with Gasteiger partial charge in [-0.05, 0) is 77.8 Å².